The molecule has 2 aromatic carbocycles. The highest BCUT2D eigenvalue weighted by molar-refractivity contribution is 8.01. The molecule has 1 aromatic heterocycles. The lowest BCUT2D eigenvalue weighted by Crippen LogP contribution is -2.19. The molecule has 0 fully saturated rings. The fourth-order valence-electron chi connectivity index (χ4n) is 2.07. The minimum atomic E-state index is -0.264. The molecule has 0 bridgehead atoms. The molecule has 0 aliphatic carbocycles. The van der Waals surface area contributed by atoms with Crippen molar-refractivity contribution in [3.8, 4) is 11.5 Å². The number of fused-ring (bicyclic) bond motifs is 1. The molecule has 26 heavy (non-hydrogen) atoms. The summed E-state index contributed by atoms with van der Waals surface area (Å²) in [5.74, 6) is 0.0253. The van der Waals surface area contributed by atoms with Crippen LogP contribution < -0.4 is 10.2 Å². The number of aromatic hydroxyl groups is 1. The van der Waals surface area contributed by atoms with Crippen LogP contribution in [0.2, 0.25) is 5.02 Å². The largest absolute Gasteiger partial charge is 0.503 e. The molecule has 0 atom stereocenters. The molecule has 134 valence electrons. The number of para-hydroxylation sites is 1. The Hall–Kier alpha value is -2.29. The van der Waals surface area contributed by atoms with Gasteiger partial charge in [-0.2, -0.15) is 5.10 Å². The van der Waals surface area contributed by atoms with Gasteiger partial charge in [0.15, 0.2) is 15.8 Å². The zero-order chi connectivity index (χ0) is 18.5. The number of thioether (sulfide) groups is 1. The Morgan fingerprint density at radius 2 is 2.23 bits per heavy atom. The Morgan fingerprint density at radius 3 is 3.00 bits per heavy atom. The molecule has 6 nitrogen and oxygen atoms in total. The van der Waals surface area contributed by atoms with Gasteiger partial charge in [0.25, 0.3) is 5.91 Å². The minimum Gasteiger partial charge on any atom is -0.503 e. The van der Waals surface area contributed by atoms with E-state index < -0.39 is 0 Å². The SMILES string of the molecule is COc1ccc(/C=N\NC(=O)CSc2nc3ccccc3s2)c(Cl)c1O. The summed E-state index contributed by atoms with van der Waals surface area (Å²) >= 11 is 8.92. The molecule has 2 N–H and O–H groups in total. The number of phenolic OH excluding ortho intramolecular Hbond substituents is 1. The zero-order valence-electron chi connectivity index (χ0n) is 13.6. The van der Waals surface area contributed by atoms with Crippen LogP contribution in [0.15, 0.2) is 45.8 Å². The van der Waals surface area contributed by atoms with E-state index >= 15 is 0 Å². The highest BCUT2D eigenvalue weighted by atomic mass is 35.5. The molecule has 0 radical (unpaired) electrons. The molecule has 0 spiro atoms. The Labute approximate surface area is 162 Å². The number of halogens is 1. The molecular weight excluding hydrogens is 394 g/mol. The van der Waals surface area contributed by atoms with Crippen LogP contribution in [0.4, 0.5) is 0 Å². The molecule has 0 saturated heterocycles. The number of rotatable bonds is 6. The second-order valence-corrected chi connectivity index (χ2v) is 7.68. The smallest absolute Gasteiger partial charge is 0.250 e. The van der Waals surface area contributed by atoms with Gasteiger partial charge in [0.1, 0.15) is 0 Å². The summed E-state index contributed by atoms with van der Waals surface area (Å²) in [6, 6.07) is 11.0. The van der Waals surface area contributed by atoms with Crippen molar-refractivity contribution >= 4 is 57.0 Å². The number of carbonyl (C=O) groups excluding carboxylic acids is 1. The van der Waals surface area contributed by atoms with E-state index in [0.717, 1.165) is 14.6 Å². The second kappa shape index (κ2) is 8.39. The van der Waals surface area contributed by atoms with Crippen molar-refractivity contribution < 1.29 is 14.6 Å². The van der Waals surface area contributed by atoms with Gasteiger partial charge in [-0.1, -0.05) is 35.5 Å². The van der Waals surface area contributed by atoms with Crippen molar-refractivity contribution in [1.29, 1.82) is 0 Å². The Kier molecular flexibility index (Phi) is 5.97. The summed E-state index contributed by atoms with van der Waals surface area (Å²) in [4.78, 5) is 16.4. The monoisotopic (exact) mass is 407 g/mol. The minimum absolute atomic E-state index is 0.103. The molecule has 3 rings (SSSR count). The maximum absolute atomic E-state index is 11.9. The lowest BCUT2D eigenvalue weighted by Gasteiger charge is -2.06. The molecule has 1 amide bonds. The maximum Gasteiger partial charge on any atom is 0.250 e. The van der Waals surface area contributed by atoms with Gasteiger partial charge >= 0.3 is 0 Å². The Morgan fingerprint density at radius 1 is 1.42 bits per heavy atom. The Bertz CT molecular complexity index is 942. The van der Waals surface area contributed by atoms with Crippen LogP contribution in [0, 0.1) is 0 Å². The van der Waals surface area contributed by atoms with Crippen LogP contribution in [0.1, 0.15) is 5.56 Å². The summed E-state index contributed by atoms with van der Waals surface area (Å²) in [7, 11) is 1.43. The first-order chi connectivity index (χ1) is 12.6. The standard InChI is InChI=1S/C17H14ClN3O3S2/c1-24-12-7-6-10(15(18)16(12)23)8-19-21-14(22)9-25-17-20-11-4-2-3-5-13(11)26-17/h2-8,23H,9H2,1H3,(H,21,22)/b19-8-. The predicted molar refractivity (Wildman–Crippen MR) is 106 cm³/mol. The summed E-state index contributed by atoms with van der Waals surface area (Å²) in [5.41, 5.74) is 3.81. The van der Waals surface area contributed by atoms with E-state index in [1.165, 1.54) is 25.1 Å². The highest BCUT2D eigenvalue weighted by Crippen LogP contribution is 2.35. The van der Waals surface area contributed by atoms with E-state index in [9.17, 15) is 9.90 Å². The van der Waals surface area contributed by atoms with E-state index in [1.807, 2.05) is 24.3 Å². The van der Waals surface area contributed by atoms with Gasteiger partial charge in [-0.3, -0.25) is 4.79 Å². The lowest BCUT2D eigenvalue weighted by atomic mass is 10.2. The third-order valence-electron chi connectivity index (χ3n) is 3.32. The van der Waals surface area contributed by atoms with Crippen molar-refractivity contribution in [3.63, 3.8) is 0 Å². The number of benzene rings is 2. The number of carbonyl (C=O) groups is 1. The molecule has 1 heterocycles. The number of ether oxygens (including phenoxy) is 1. The highest BCUT2D eigenvalue weighted by Gasteiger charge is 2.10. The fraction of sp³-hybridized carbons (Fsp3) is 0.118. The van der Waals surface area contributed by atoms with Gasteiger partial charge in [0.05, 0.1) is 34.3 Å². The average molecular weight is 408 g/mol. The first kappa shape index (κ1) is 18.5. The second-order valence-electron chi connectivity index (χ2n) is 5.05. The van der Waals surface area contributed by atoms with Crippen molar-refractivity contribution in [2.24, 2.45) is 5.10 Å². The summed E-state index contributed by atoms with van der Waals surface area (Å²) in [6.45, 7) is 0. The number of amides is 1. The zero-order valence-corrected chi connectivity index (χ0v) is 16.0. The first-order valence-electron chi connectivity index (χ1n) is 7.44. The van der Waals surface area contributed by atoms with Gasteiger partial charge in [0, 0.05) is 5.56 Å². The van der Waals surface area contributed by atoms with Gasteiger partial charge in [-0.25, -0.2) is 10.4 Å². The number of aromatic nitrogens is 1. The van der Waals surface area contributed by atoms with E-state index in [2.05, 4.69) is 15.5 Å². The molecule has 3 aromatic rings. The number of nitrogens with one attached hydrogen (secondary N) is 1. The van der Waals surface area contributed by atoms with Crippen molar-refractivity contribution in [2.75, 3.05) is 12.9 Å². The van der Waals surface area contributed by atoms with Gasteiger partial charge in [0.2, 0.25) is 0 Å². The number of nitrogens with zero attached hydrogens (tertiary/aromatic N) is 2. The van der Waals surface area contributed by atoms with E-state index in [0.29, 0.717) is 5.56 Å². The van der Waals surface area contributed by atoms with Crippen LogP contribution in [-0.4, -0.2) is 35.1 Å². The number of thiazole rings is 1. The quantitative estimate of drug-likeness (QED) is 0.367. The molecule has 0 saturated carbocycles. The van der Waals surface area contributed by atoms with Crippen LogP contribution >= 0.6 is 34.7 Å². The summed E-state index contributed by atoms with van der Waals surface area (Å²) in [6.07, 6.45) is 1.36. The van der Waals surface area contributed by atoms with E-state index in [4.69, 9.17) is 16.3 Å². The normalized spacial score (nSPS) is 11.2. The van der Waals surface area contributed by atoms with Crippen molar-refractivity contribution in [2.45, 2.75) is 4.34 Å². The number of hydrogen-bond donors (Lipinski definition) is 2. The number of hydrogen-bond acceptors (Lipinski definition) is 7. The molecule has 9 heteroatoms. The topological polar surface area (TPSA) is 83.8 Å². The molecule has 0 aliphatic heterocycles. The molecule has 0 aliphatic rings. The lowest BCUT2D eigenvalue weighted by molar-refractivity contribution is -0.118. The van der Waals surface area contributed by atoms with Crippen LogP contribution in [0.3, 0.4) is 0 Å². The Balaban J connectivity index is 1.55. The van der Waals surface area contributed by atoms with Crippen molar-refractivity contribution in [1.82, 2.24) is 10.4 Å². The third kappa shape index (κ3) is 4.27. The first-order valence-corrected chi connectivity index (χ1v) is 9.62. The van der Waals surface area contributed by atoms with Crippen LogP contribution in [0.25, 0.3) is 10.2 Å². The maximum atomic E-state index is 11.9. The number of hydrazone groups is 1. The third-order valence-corrected chi connectivity index (χ3v) is 5.90. The van der Waals surface area contributed by atoms with E-state index in [1.54, 1.807) is 23.5 Å². The predicted octanol–water partition coefficient (Wildman–Crippen LogP) is 3.91. The summed E-state index contributed by atoms with van der Waals surface area (Å²) < 4.78 is 6.88. The van der Waals surface area contributed by atoms with E-state index in [-0.39, 0.29) is 28.2 Å². The average Bonchev–Trinajstić information content (AvgIpc) is 3.06. The van der Waals surface area contributed by atoms with Crippen molar-refractivity contribution in [3.05, 3.63) is 47.0 Å². The molecule has 0 unspecified atom stereocenters. The van der Waals surface area contributed by atoms with Gasteiger partial charge < -0.3 is 9.84 Å². The fourth-order valence-corrected chi connectivity index (χ4v) is 4.14. The van der Waals surface area contributed by atoms with Gasteiger partial charge in [-0.05, 0) is 24.3 Å². The number of phenols is 1. The summed E-state index contributed by atoms with van der Waals surface area (Å²) in [5, 5.41) is 13.8. The molecular formula is C17H14ClN3O3S2. The number of methoxy groups -OCH3 is 1. The van der Waals surface area contributed by atoms with Gasteiger partial charge in [-0.15, -0.1) is 11.3 Å². The van der Waals surface area contributed by atoms with Crippen LogP contribution in [0.5, 0.6) is 11.5 Å². The van der Waals surface area contributed by atoms with Crippen LogP contribution in [-0.2, 0) is 4.79 Å².